The first-order valence-corrected chi connectivity index (χ1v) is 6.05. The summed E-state index contributed by atoms with van der Waals surface area (Å²) >= 11 is 5.63. The Balaban J connectivity index is 2.30. The van der Waals surface area contributed by atoms with Gasteiger partial charge in [0.2, 0.25) is 0 Å². The third kappa shape index (κ3) is 3.63. The number of benzene rings is 1. The molecule has 0 unspecified atom stereocenters. The molecular formula is C13H9ClF3N3O. The van der Waals surface area contributed by atoms with E-state index in [-0.39, 0.29) is 22.1 Å². The van der Waals surface area contributed by atoms with E-state index in [0.29, 0.717) is 0 Å². The van der Waals surface area contributed by atoms with Gasteiger partial charge in [0.25, 0.3) is 5.91 Å². The van der Waals surface area contributed by atoms with Crippen LogP contribution in [-0.2, 0) is 6.18 Å². The topological polar surface area (TPSA) is 68.0 Å². The van der Waals surface area contributed by atoms with Crippen LogP contribution < -0.4 is 11.1 Å². The van der Waals surface area contributed by atoms with Crippen LogP contribution in [0.25, 0.3) is 0 Å². The number of aromatic nitrogens is 1. The monoisotopic (exact) mass is 315 g/mol. The van der Waals surface area contributed by atoms with Gasteiger partial charge in [0, 0.05) is 16.9 Å². The van der Waals surface area contributed by atoms with Crippen molar-refractivity contribution in [1.29, 1.82) is 0 Å². The van der Waals surface area contributed by atoms with Crippen molar-refractivity contribution in [2.75, 3.05) is 11.1 Å². The van der Waals surface area contributed by atoms with Gasteiger partial charge >= 0.3 is 6.18 Å². The lowest BCUT2D eigenvalue weighted by molar-refractivity contribution is -0.137. The summed E-state index contributed by atoms with van der Waals surface area (Å²) in [7, 11) is 0. The van der Waals surface area contributed by atoms with E-state index in [0.717, 1.165) is 12.1 Å². The molecule has 2 aromatic rings. The Morgan fingerprint density at radius 2 is 2.00 bits per heavy atom. The van der Waals surface area contributed by atoms with Gasteiger partial charge in [-0.15, -0.1) is 0 Å². The summed E-state index contributed by atoms with van der Waals surface area (Å²) in [4.78, 5) is 15.7. The zero-order chi connectivity index (χ0) is 15.6. The summed E-state index contributed by atoms with van der Waals surface area (Å²) in [6, 6.07) is 5.67. The molecule has 0 aliphatic heterocycles. The Morgan fingerprint density at radius 1 is 1.29 bits per heavy atom. The molecule has 0 fully saturated rings. The normalized spacial score (nSPS) is 11.2. The largest absolute Gasteiger partial charge is 0.416 e. The molecule has 2 rings (SSSR count). The summed E-state index contributed by atoms with van der Waals surface area (Å²) in [5.74, 6) is -0.691. The molecule has 0 saturated carbocycles. The number of nitrogens with two attached hydrogens (primary N) is 1. The van der Waals surface area contributed by atoms with Crippen LogP contribution in [0.2, 0.25) is 5.02 Å². The van der Waals surface area contributed by atoms with Gasteiger partial charge in [-0.05, 0) is 30.3 Å². The Bertz CT molecular complexity index is 689. The van der Waals surface area contributed by atoms with Gasteiger partial charge in [0.05, 0.1) is 11.1 Å². The van der Waals surface area contributed by atoms with E-state index < -0.39 is 17.6 Å². The van der Waals surface area contributed by atoms with E-state index in [2.05, 4.69) is 10.3 Å². The highest BCUT2D eigenvalue weighted by atomic mass is 35.5. The molecule has 1 aromatic carbocycles. The number of pyridine rings is 1. The van der Waals surface area contributed by atoms with Crippen molar-refractivity contribution in [1.82, 2.24) is 4.98 Å². The number of anilines is 2. The summed E-state index contributed by atoms with van der Waals surface area (Å²) < 4.78 is 38.0. The lowest BCUT2D eigenvalue weighted by atomic mass is 10.1. The number of nitrogen functional groups attached to an aromatic ring is 1. The lowest BCUT2D eigenvalue weighted by Gasteiger charge is -2.11. The number of carbonyl (C=O) groups is 1. The molecule has 1 heterocycles. The van der Waals surface area contributed by atoms with Gasteiger partial charge in [0.1, 0.15) is 5.82 Å². The molecule has 0 saturated heterocycles. The second-order valence-electron chi connectivity index (χ2n) is 4.12. The van der Waals surface area contributed by atoms with Crippen LogP contribution >= 0.6 is 11.6 Å². The quantitative estimate of drug-likeness (QED) is 0.890. The minimum Gasteiger partial charge on any atom is -0.383 e. The van der Waals surface area contributed by atoms with Crippen LogP contribution in [0.5, 0.6) is 0 Å². The molecule has 4 nitrogen and oxygen atoms in total. The maximum absolute atomic E-state index is 12.7. The third-order valence-corrected chi connectivity index (χ3v) is 2.78. The fraction of sp³-hybridized carbons (Fsp3) is 0.0769. The number of carbonyl (C=O) groups excluding carboxylic acids is 1. The number of alkyl halides is 3. The molecule has 0 spiro atoms. The molecular weight excluding hydrogens is 307 g/mol. The summed E-state index contributed by atoms with van der Waals surface area (Å²) in [5, 5.41) is 2.17. The average molecular weight is 316 g/mol. The van der Waals surface area contributed by atoms with Crippen LogP contribution in [0, 0.1) is 0 Å². The highest BCUT2D eigenvalue weighted by Crippen LogP contribution is 2.33. The van der Waals surface area contributed by atoms with Crippen LogP contribution in [0.4, 0.5) is 24.7 Å². The van der Waals surface area contributed by atoms with E-state index in [1.165, 1.54) is 24.4 Å². The second kappa shape index (κ2) is 5.61. The number of hydrogen-bond acceptors (Lipinski definition) is 3. The molecule has 0 aliphatic rings. The van der Waals surface area contributed by atoms with Crippen molar-refractivity contribution in [2.45, 2.75) is 6.18 Å². The van der Waals surface area contributed by atoms with Crippen LogP contribution in [-0.4, -0.2) is 10.9 Å². The van der Waals surface area contributed by atoms with Crippen molar-refractivity contribution < 1.29 is 18.0 Å². The Labute approximate surface area is 122 Å². The van der Waals surface area contributed by atoms with Gasteiger partial charge < -0.3 is 11.1 Å². The first kappa shape index (κ1) is 15.1. The zero-order valence-electron chi connectivity index (χ0n) is 10.4. The second-order valence-corrected chi connectivity index (χ2v) is 4.55. The molecule has 0 radical (unpaired) electrons. The summed E-state index contributed by atoms with van der Waals surface area (Å²) in [6.07, 6.45) is -3.16. The van der Waals surface area contributed by atoms with Crippen LogP contribution in [0.3, 0.4) is 0 Å². The maximum Gasteiger partial charge on any atom is 0.416 e. The highest BCUT2D eigenvalue weighted by molar-refractivity contribution is 6.31. The predicted octanol–water partition coefficient (Wildman–Crippen LogP) is 3.59. The first-order chi connectivity index (χ1) is 9.77. The van der Waals surface area contributed by atoms with E-state index in [1.54, 1.807) is 0 Å². The van der Waals surface area contributed by atoms with Crippen LogP contribution in [0.1, 0.15) is 15.9 Å². The van der Waals surface area contributed by atoms with E-state index in [4.69, 9.17) is 17.3 Å². The van der Waals surface area contributed by atoms with Gasteiger partial charge in [-0.1, -0.05) is 11.6 Å². The molecule has 0 atom stereocenters. The number of hydrogen-bond donors (Lipinski definition) is 2. The third-order valence-electron chi connectivity index (χ3n) is 2.57. The fourth-order valence-electron chi connectivity index (χ4n) is 1.63. The summed E-state index contributed by atoms with van der Waals surface area (Å²) in [5.41, 5.74) is 4.55. The highest BCUT2D eigenvalue weighted by Gasteiger charge is 2.31. The number of rotatable bonds is 2. The minimum atomic E-state index is -4.56. The van der Waals surface area contributed by atoms with Crippen molar-refractivity contribution in [3.05, 3.63) is 52.7 Å². The number of nitrogens with zero attached hydrogens (tertiary/aromatic N) is 1. The lowest BCUT2D eigenvalue weighted by Crippen LogP contribution is -2.15. The SMILES string of the molecule is Nc1ncccc1C(=O)Nc1cc(Cl)cc(C(F)(F)F)c1. The minimum absolute atomic E-state index is 0.0203. The van der Waals surface area contributed by atoms with Gasteiger partial charge in [-0.2, -0.15) is 13.2 Å². The molecule has 0 bridgehead atoms. The first-order valence-electron chi connectivity index (χ1n) is 5.67. The fourth-order valence-corrected chi connectivity index (χ4v) is 1.87. The zero-order valence-corrected chi connectivity index (χ0v) is 11.2. The van der Waals surface area contributed by atoms with Crippen molar-refractivity contribution in [2.24, 2.45) is 0 Å². The number of amides is 1. The van der Waals surface area contributed by atoms with E-state index in [9.17, 15) is 18.0 Å². The molecule has 1 amide bonds. The Morgan fingerprint density at radius 3 is 2.62 bits per heavy atom. The molecule has 0 aliphatic carbocycles. The molecule has 8 heteroatoms. The van der Waals surface area contributed by atoms with E-state index >= 15 is 0 Å². The molecule has 1 aromatic heterocycles. The molecule has 3 N–H and O–H groups in total. The Hall–Kier alpha value is -2.28. The van der Waals surface area contributed by atoms with Crippen molar-refractivity contribution in [3.63, 3.8) is 0 Å². The van der Waals surface area contributed by atoms with E-state index in [1.807, 2.05) is 0 Å². The maximum atomic E-state index is 12.7. The number of halogens is 4. The molecule has 21 heavy (non-hydrogen) atoms. The van der Waals surface area contributed by atoms with Crippen molar-refractivity contribution in [3.8, 4) is 0 Å². The predicted molar refractivity (Wildman–Crippen MR) is 73.1 cm³/mol. The standard InChI is InChI=1S/C13H9ClF3N3O/c14-8-4-7(13(15,16)17)5-9(6-8)20-12(21)10-2-1-3-19-11(10)18/h1-6H,(H2,18,19)(H,20,21). The van der Waals surface area contributed by atoms with Gasteiger partial charge in [-0.3, -0.25) is 4.79 Å². The average Bonchev–Trinajstić information content (AvgIpc) is 2.37. The summed E-state index contributed by atoms with van der Waals surface area (Å²) in [6.45, 7) is 0. The smallest absolute Gasteiger partial charge is 0.383 e. The molecule has 110 valence electrons. The van der Waals surface area contributed by atoms with Crippen molar-refractivity contribution >= 4 is 29.0 Å². The van der Waals surface area contributed by atoms with Gasteiger partial charge in [0.15, 0.2) is 0 Å². The Kier molecular flexibility index (Phi) is 4.04. The van der Waals surface area contributed by atoms with Crippen LogP contribution in [0.15, 0.2) is 36.5 Å². The number of nitrogens with one attached hydrogen (secondary N) is 1. The van der Waals surface area contributed by atoms with Gasteiger partial charge in [-0.25, -0.2) is 4.98 Å².